The molecule has 1 unspecified atom stereocenters. The van der Waals surface area contributed by atoms with E-state index in [1.54, 1.807) is 30.2 Å². The van der Waals surface area contributed by atoms with E-state index in [4.69, 9.17) is 15.2 Å². The van der Waals surface area contributed by atoms with Gasteiger partial charge in [0.1, 0.15) is 5.75 Å². The second-order valence-electron chi connectivity index (χ2n) is 4.71. The number of carbonyl (C=O) groups is 1. The molecular weight excluding hydrogens is 244 g/mol. The minimum Gasteiger partial charge on any atom is -0.495 e. The number of ether oxygens (including phenoxy) is 2. The van der Waals surface area contributed by atoms with Crippen LogP contribution in [0, 0.1) is 0 Å². The fourth-order valence-corrected chi connectivity index (χ4v) is 2.26. The van der Waals surface area contributed by atoms with Crippen molar-refractivity contribution < 1.29 is 14.3 Å². The number of rotatable bonds is 2. The maximum atomic E-state index is 12.5. The second-order valence-corrected chi connectivity index (χ2v) is 4.71. The van der Waals surface area contributed by atoms with E-state index in [-0.39, 0.29) is 12.0 Å². The highest BCUT2D eigenvalue weighted by atomic mass is 16.5. The van der Waals surface area contributed by atoms with Gasteiger partial charge in [-0.2, -0.15) is 0 Å². The van der Waals surface area contributed by atoms with Crippen molar-refractivity contribution in [2.45, 2.75) is 19.4 Å². The lowest BCUT2D eigenvalue weighted by atomic mass is 10.1. The average molecular weight is 264 g/mol. The van der Waals surface area contributed by atoms with E-state index >= 15 is 0 Å². The summed E-state index contributed by atoms with van der Waals surface area (Å²) in [6, 6.07) is 5.26. The Labute approximate surface area is 113 Å². The van der Waals surface area contributed by atoms with Crippen molar-refractivity contribution in [3.8, 4) is 5.75 Å². The number of carbonyl (C=O) groups excluding carboxylic acids is 1. The van der Waals surface area contributed by atoms with Gasteiger partial charge in [-0.25, -0.2) is 0 Å². The molecule has 0 aliphatic carbocycles. The van der Waals surface area contributed by atoms with Gasteiger partial charge in [-0.3, -0.25) is 4.79 Å². The number of amides is 1. The molecule has 1 saturated heterocycles. The molecule has 104 valence electrons. The number of hydrogen-bond donors (Lipinski definition) is 1. The quantitative estimate of drug-likeness (QED) is 0.823. The Bertz CT molecular complexity index is 462. The number of para-hydroxylation sites is 1. The minimum atomic E-state index is -0.0613. The molecule has 0 radical (unpaired) electrons. The van der Waals surface area contributed by atoms with Crippen LogP contribution in [0.25, 0.3) is 0 Å². The number of nitrogens with two attached hydrogens (primary N) is 1. The van der Waals surface area contributed by atoms with Crippen LogP contribution in [0.1, 0.15) is 23.7 Å². The Morgan fingerprint density at radius 3 is 3.05 bits per heavy atom. The van der Waals surface area contributed by atoms with Crippen LogP contribution in [0.2, 0.25) is 0 Å². The summed E-state index contributed by atoms with van der Waals surface area (Å²) in [7, 11) is 1.54. The second kappa shape index (κ2) is 5.93. The van der Waals surface area contributed by atoms with Crippen LogP contribution in [0.3, 0.4) is 0 Å². The molecule has 2 N–H and O–H groups in total. The Morgan fingerprint density at radius 1 is 1.53 bits per heavy atom. The molecule has 1 aliphatic rings. The van der Waals surface area contributed by atoms with Crippen LogP contribution in [0.15, 0.2) is 18.2 Å². The van der Waals surface area contributed by atoms with Crippen LogP contribution in [0.5, 0.6) is 5.75 Å². The minimum absolute atomic E-state index is 0.0540. The summed E-state index contributed by atoms with van der Waals surface area (Å²) in [6.07, 6.45) is 0.901. The first-order chi connectivity index (χ1) is 9.13. The van der Waals surface area contributed by atoms with Crippen LogP contribution in [-0.2, 0) is 4.74 Å². The van der Waals surface area contributed by atoms with Gasteiger partial charge in [-0.15, -0.1) is 0 Å². The van der Waals surface area contributed by atoms with E-state index in [1.807, 2.05) is 6.92 Å². The normalized spacial score (nSPS) is 19.9. The third-order valence-electron chi connectivity index (χ3n) is 3.26. The highest BCUT2D eigenvalue weighted by Gasteiger charge is 2.23. The van der Waals surface area contributed by atoms with Gasteiger partial charge in [0.05, 0.1) is 24.5 Å². The molecule has 5 nitrogen and oxygen atoms in total. The monoisotopic (exact) mass is 264 g/mol. The molecule has 0 aromatic heterocycles. The molecular formula is C14H20N2O3. The molecule has 0 bridgehead atoms. The molecule has 1 atom stereocenters. The first-order valence-corrected chi connectivity index (χ1v) is 6.47. The van der Waals surface area contributed by atoms with Crippen LogP contribution in [0.4, 0.5) is 5.69 Å². The van der Waals surface area contributed by atoms with Gasteiger partial charge >= 0.3 is 0 Å². The number of benzene rings is 1. The molecule has 1 aliphatic heterocycles. The lowest BCUT2D eigenvalue weighted by Crippen LogP contribution is -2.36. The lowest BCUT2D eigenvalue weighted by molar-refractivity contribution is 0.0563. The SMILES string of the molecule is COc1cccc(C(=O)N2CCCOC(C)C2)c1N. The van der Waals surface area contributed by atoms with Gasteiger partial charge in [0, 0.05) is 19.7 Å². The summed E-state index contributed by atoms with van der Waals surface area (Å²) in [4.78, 5) is 14.3. The summed E-state index contributed by atoms with van der Waals surface area (Å²) in [5.74, 6) is 0.471. The molecule has 0 saturated carbocycles. The van der Waals surface area contributed by atoms with Gasteiger partial charge in [0.25, 0.3) is 5.91 Å². The number of anilines is 1. The van der Waals surface area contributed by atoms with E-state index in [9.17, 15) is 4.79 Å². The van der Waals surface area contributed by atoms with Crippen molar-refractivity contribution in [2.24, 2.45) is 0 Å². The van der Waals surface area contributed by atoms with Crippen molar-refractivity contribution in [3.63, 3.8) is 0 Å². The number of hydrogen-bond acceptors (Lipinski definition) is 4. The summed E-state index contributed by atoms with van der Waals surface area (Å²) >= 11 is 0. The predicted molar refractivity (Wildman–Crippen MR) is 73.3 cm³/mol. The van der Waals surface area contributed by atoms with Crippen molar-refractivity contribution in [1.82, 2.24) is 4.90 Å². The molecule has 1 amide bonds. The maximum absolute atomic E-state index is 12.5. The number of nitrogen functional groups attached to an aromatic ring is 1. The Morgan fingerprint density at radius 2 is 2.32 bits per heavy atom. The first kappa shape index (κ1) is 13.7. The van der Waals surface area contributed by atoms with Gasteiger partial charge in [-0.1, -0.05) is 6.07 Å². The zero-order valence-electron chi connectivity index (χ0n) is 11.4. The van der Waals surface area contributed by atoms with Crippen molar-refractivity contribution >= 4 is 11.6 Å². The fraction of sp³-hybridized carbons (Fsp3) is 0.500. The Balaban J connectivity index is 2.23. The third kappa shape index (κ3) is 2.98. The molecule has 1 aromatic carbocycles. The summed E-state index contributed by atoms with van der Waals surface area (Å²) in [5.41, 5.74) is 6.86. The van der Waals surface area contributed by atoms with Crippen LogP contribution >= 0.6 is 0 Å². The van der Waals surface area contributed by atoms with Crippen LogP contribution in [-0.4, -0.2) is 43.7 Å². The fourth-order valence-electron chi connectivity index (χ4n) is 2.26. The van der Waals surface area contributed by atoms with Crippen LogP contribution < -0.4 is 10.5 Å². The average Bonchev–Trinajstić information content (AvgIpc) is 2.63. The zero-order valence-corrected chi connectivity index (χ0v) is 11.4. The molecule has 19 heavy (non-hydrogen) atoms. The molecule has 0 spiro atoms. The van der Waals surface area contributed by atoms with Gasteiger partial charge in [0.15, 0.2) is 0 Å². The van der Waals surface area contributed by atoms with Gasteiger partial charge < -0.3 is 20.1 Å². The first-order valence-electron chi connectivity index (χ1n) is 6.47. The molecule has 1 aromatic rings. The van der Waals surface area contributed by atoms with E-state index in [2.05, 4.69) is 0 Å². The van der Waals surface area contributed by atoms with Crippen molar-refractivity contribution in [1.29, 1.82) is 0 Å². The van der Waals surface area contributed by atoms with Crippen molar-refractivity contribution in [3.05, 3.63) is 23.8 Å². The summed E-state index contributed by atoms with van der Waals surface area (Å²) in [6.45, 7) is 3.95. The lowest BCUT2D eigenvalue weighted by Gasteiger charge is -2.23. The van der Waals surface area contributed by atoms with E-state index in [0.29, 0.717) is 36.7 Å². The molecule has 5 heteroatoms. The number of methoxy groups -OCH3 is 1. The smallest absolute Gasteiger partial charge is 0.256 e. The summed E-state index contributed by atoms with van der Waals surface area (Å²) in [5, 5.41) is 0. The van der Waals surface area contributed by atoms with Crippen molar-refractivity contribution in [2.75, 3.05) is 32.5 Å². The largest absolute Gasteiger partial charge is 0.495 e. The highest BCUT2D eigenvalue weighted by molar-refractivity contribution is 6.00. The molecule has 1 fully saturated rings. The number of nitrogens with zero attached hydrogens (tertiary/aromatic N) is 1. The highest BCUT2D eigenvalue weighted by Crippen LogP contribution is 2.26. The van der Waals surface area contributed by atoms with E-state index < -0.39 is 0 Å². The molecule has 2 rings (SSSR count). The maximum Gasteiger partial charge on any atom is 0.256 e. The van der Waals surface area contributed by atoms with Gasteiger partial charge in [0.2, 0.25) is 0 Å². The van der Waals surface area contributed by atoms with E-state index in [0.717, 1.165) is 6.42 Å². The molecule has 1 heterocycles. The Kier molecular flexibility index (Phi) is 4.27. The topological polar surface area (TPSA) is 64.8 Å². The van der Waals surface area contributed by atoms with E-state index in [1.165, 1.54) is 0 Å². The Hall–Kier alpha value is -1.75. The standard InChI is InChI=1S/C14H20N2O3/c1-10-9-16(7-4-8-19-10)14(17)11-5-3-6-12(18-2)13(11)15/h3,5-6,10H,4,7-9,15H2,1-2H3. The predicted octanol–water partition coefficient (Wildman–Crippen LogP) is 1.53. The van der Waals surface area contributed by atoms with Gasteiger partial charge in [-0.05, 0) is 25.5 Å². The summed E-state index contributed by atoms with van der Waals surface area (Å²) < 4.78 is 10.7. The zero-order chi connectivity index (χ0) is 13.8. The third-order valence-corrected chi connectivity index (χ3v) is 3.26.